The number of anilines is 1. The van der Waals surface area contributed by atoms with Gasteiger partial charge in [-0.3, -0.25) is 29.2 Å². The number of aliphatic hydroxyl groups excluding tert-OH is 1. The number of hydrogen-bond acceptors (Lipinski definition) is 7. The number of carbonyl (C=O) groups is 3. The van der Waals surface area contributed by atoms with Crippen molar-refractivity contribution in [3.63, 3.8) is 0 Å². The Morgan fingerprint density at radius 1 is 1.09 bits per heavy atom. The number of aliphatic imine (C=N–C) groups is 1. The van der Waals surface area contributed by atoms with Crippen LogP contribution in [-0.2, 0) is 14.4 Å². The van der Waals surface area contributed by atoms with E-state index in [0.717, 1.165) is 19.6 Å². The molecule has 2 amide bonds. The van der Waals surface area contributed by atoms with Crippen LogP contribution in [0.4, 0.5) is 5.69 Å². The van der Waals surface area contributed by atoms with Crippen molar-refractivity contribution in [3.05, 3.63) is 40.6 Å². The van der Waals surface area contributed by atoms with E-state index in [2.05, 4.69) is 14.8 Å². The average Bonchev–Trinajstić information content (AvgIpc) is 3.07. The lowest BCUT2D eigenvalue weighted by molar-refractivity contribution is -0.123. The van der Waals surface area contributed by atoms with Crippen molar-refractivity contribution < 1.29 is 19.5 Å². The van der Waals surface area contributed by atoms with Crippen LogP contribution in [0.25, 0.3) is 0 Å². The zero-order valence-electron chi connectivity index (χ0n) is 19.7. The summed E-state index contributed by atoms with van der Waals surface area (Å²) >= 11 is 5.92. The molecule has 2 saturated heterocycles. The van der Waals surface area contributed by atoms with Crippen molar-refractivity contribution >= 4 is 41.1 Å². The maximum Gasteiger partial charge on any atom is 0.251 e. The van der Waals surface area contributed by atoms with Gasteiger partial charge in [0.1, 0.15) is 5.76 Å². The monoisotopic (exact) mass is 486 g/mol. The fourth-order valence-corrected chi connectivity index (χ4v) is 4.99. The quantitative estimate of drug-likeness (QED) is 0.491. The molecule has 0 spiro atoms. The summed E-state index contributed by atoms with van der Waals surface area (Å²) in [5, 5.41) is 10.7. The second kappa shape index (κ2) is 9.98. The highest BCUT2D eigenvalue weighted by Gasteiger charge is 2.43. The fraction of sp³-hybridized carbons (Fsp3) is 0.520. The second-order valence-electron chi connectivity index (χ2n) is 9.98. The SMILES string of the molecule is CC1(C)CC(=O)C(C=NCCN2CCN([C@H]3CC(=O)N(c4ccc(Cl)cc4)C3=O)CC2)=C(O)C1. The minimum absolute atomic E-state index is 0.0606. The summed E-state index contributed by atoms with van der Waals surface area (Å²) in [6, 6.07) is 6.30. The molecule has 1 atom stereocenters. The summed E-state index contributed by atoms with van der Waals surface area (Å²) in [6.07, 6.45) is 2.60. The summed E-state index contributed by atoms with van der Waals surface area (Å²) in [7, 11) is 0. The molecule has 2 fully saturated rings. The number of benzene rings is 1. The molecular formula is C25H31ClN4O4. The number of piperazine rings is 1. The van der Waals surface area contributed by atoms with Gasteiger partial charge in [0, 0.05) is 56.8 Å². The van der Waals surface area contributed by atoms with Gasteiger partial charge in [-0.2, -0.15) is 0 Å². The van der Waals surface area contributed by atoms with Crippen LogP contribution in [0.2, 0.25) is 5.02 Å². The van der Waals surface area contributed by atoms with Gasteiger partial charge in [0.2, 0.25) is 5.91 Å². The topological polar surface area (TPSA) is 93.5 Å². The van der Waals surface area contributed by atoms with Crippen LogP contribution in [0.5, 0.6) is 0 Å². The number of ketones is 1. The number of hydrogen-bond donors (Lipinski definition) is 1. The number of nitrogens with zero attached hydrogens (tertiary/aromatic N) is 4. The van der Waals surface area contributed by atoms with Gasteiger partial charge in [0.15, 0.2) is 5.78 Å². The van der Waals surface area contributed by atoms with Crippen LogP contribution in [-0.4, -0.2) is 84.0 Å². The van der Waals surface area contributed by atoms with Crippen LogP contribution in [0, 0.1) is 5.41 Å². The molecule has 0 aromatic heterocycles. The van der Waals surface area contributed by atoms with E-state index in [1.165, 1.54) is 11.1 Å². The van der Waals surface area contributed by atoms with Crippen molar-refractivity contribution in [2.24, 2.45) is 10.4 Å². The van der Waals surface area contributed by atoms with Crippen LogP contribution in [0.1, 0.15) is 33.1 Å². The van der Waals surface area contributed by atoms with Crippen molar-refractivity contribution in [2.75, 3.05) is 44.2 Å². The summed E-state index contributed by atoms with van der Waals surface area (Å²) < 4.78 is 0. The minimum atomic E-state index is -0.431. The van der Waals surface area contributed by atoms with Gasteiger partial charge in [-0.05, 0) is 29.7 Å². The molecule has 1 aromatic carbocycles. The molecule has 0 bridgehead atoms. The highest BCUT2D eigenvalue weighted by Crippen LogP contribution is 2.35. The Labute approximate surface area is 204 Å². The van der Waals surface area contributed by atoms with E-state index in [0.29, 0.717) is 48.8 Å². The first-order valence-electron chi connectivity index (χ1n) is 11.7. The van der Waals surface area contributed by atoms with E-state index in [9.17, 15) is 19.5 Å². The Balaban J connectivity index is 1.26. The molecule has 1 aromatic rings. The number of carbonyl (C=O) groups excluding carboxylic acids is 3. The van der Waals surface area contributed by atoms with Gasteiger partial charge in [-0.15, -0.1) is 0 Å². The summed E-state index contributed by atoms with van der Waals surface area (Å²) in [4.78, 5) is 47.8. The predicted molar refractivity (Wildman–Crippen MR) is 131 cm³/mol. The highest BCUT2D eigenvalue weighted by atomic mass is 35.5. The summed E-state index contributed by atoms with van der Waals surface area (Å²) in [5.41, 5.74) is 0.674. The number of amides is 2. The molecule has 182 valence electrons. The molecule has 8 nitrogen and oxygen atoms in total. The molecule has 4 rings (SSSR count). The molecule has 9 heteroatoms. The fourth-order valence-electron chi connectivity index (χ4n) is 4.86. The number of aliphatic hydroxyl groups is 1. The van der Waals surface area contributed by atoms with Crippen molar-refractivity contribution in [2.45, 2.75) is 39.2 Å². The number of halogens is 1. The lowest BCUT2D eigenvalue weighted by Gasteiger charge is -2.36. The predicted octanol–water partition coefficient (Wildman–Crippen LogP) is 2.86. The van der Waals surface area contributed by atoms with E-state index < -0.39 is 6.04 Å². The van der Waals surface area contributed by atoms with Crippen LogP contribution < -0.4 is 4.90 Å². The molecule has 1 aliphatic carbocycles. The average molecular weight is 487 g/mol. The maximum absolute atomic E-state index is 13.0. The molecule has 0 radical (unpaired) electrons. The zero-order chi connectivity index (χ0) is 24.5. The third-order valence-electron chi connectivity index (χ3n) is 6.72. The van der Waals surface area contributed by atoms with E-state index in [1.54, 1.807) is 24.3 Å². The van der Waals surface area contributed by atoms with Crippen LogP contribution in [0.3, 0.4) is 0 Å². The standard InChI is InChI=1S/C25H31ClN4O4/c1-25(2)14-21(31)19(22(32)15-25)16-27-7-8-28-9-11-29(12-10-28)20-13-23(33)30(24(20)34)18-5-3-17(26)4-6-18/h3-6,16,20,31H,7-15H2,1-2H3/t20-/m0/s1. The number of allylic oxidation sites excluding steroid dienone is 2. The zero-order valence-corrected chi connectivity index (χ0v) is 20.4. The Hall–Kier alpha value is -2.55. The Bertz CT molecular complexity index is 1030. The van der Waals surface area contributed by atoms with Crippen molar-refractivity contribution in [1.82, 2.24) is 9.80 Å². The molecule has 34 heavy (non-hydrogen) atoms. The largest absolute Gasteiger partial charge is 0.511 e. The Kier molecular flexibility index (Phi) is 7.21. The smallest absolute Gasteiger partial charge is 0.251 e. The van der Waals surface area contributed by atoms with E-state index in [-0.39, 0.29) is 35.2 Å². The number of Topliss-reactive ketones (excluding diaryl/α,β-unsaturated/α-hetero) is 1. The number of imide groups is 1. The first kappa shape index (κ1) is 24.6. The van der Waals surface area contributed by atoms with Gasteiger partial charge < -0.3 is 5.11 Å². The van der Waals surface area contributed by atoms with Gasteiger partial charge in [-0.1, -0.05) is 25.4 Å². The molecule has 2 heterocycles. The van der Waals surface area contributed by atoms with Crippen molar-refractivity contribution in [1.29, 1.82) is 0 Å². The Morgan fingerprint density at radius 2 is 1.76 bits per heavy atom. The molecule has 1 N–H and O–H groups in total. The van der Waals surface area contributed by atoms with Crippen molar-refractivity contribution in [3.8, 4) is 0 Å². The first-order valence-corrected chi connectivity index (χ1v) is 12.1. The van der Waals surface area contributed by atoms with E-state index in [4.69, 9.17) is 11.6 Å². The molecule has 2 aliphatic heterocycles. The number of rotatable bonds is 6. The highest BCUT2D eigenvalue weighted by molar-refractivity contribution is 6.30. The van der Waals surface area contributed by atoms with Crippen LogP contribution in [0.15, 0.2) is 40.6 Å². The maximum atomic E-state index is 13.0. The molecule has 3 aliphatic rings. The van der Waals surface area contributed by atoms with Gasteiger partial charge in [0.05, 0.1) is 30.3 Å². The van der Waals surface area contributed by atoms with Crippen LogP contribution >= 0.6 is 11.6 Å². The minimum Gasteiger partial charge on any atom is -0.511 e. The third-order valence-corrected chi connectivity index (χ3v) is 6.97. The molecular weight excluding hydrogens is 456 g/mol. The Morgan fingerprint density at radius 3 is 2.41 bits per heavy atom. The lowest BCUT2D eigenvalue weighted by Crippen LogP contribution is -2.52. The van der Waals surface area contributed by atoms with E-state index in [1.807, 2.05) is 13.8 Å². The first-order chi connectivity index (χ1) is 16.1. The molecule has 0 saturated carbocycles. The second-order valence-corrected chi connectivity index (χ2v) is 10.4. The summed E-state index contributed by atoms with van der Waals surface area (Å²) in [5.74, 6) is -0.303. The van der Waals surface area contributed by atoms with Gasteiger partial charge >= 0.3 is 0 Å². The molecule has 0 unspecified atom stereocenters. The normalized spacial score (nSPS) is 24.6. The third kappa shape index (κ3) is 5.40. The van der Waals surface area contributed by atoms with Gasteiger partial charge in [0.25, 0.3) is 5.91 Å². The summed E-state index contributed by atoms with van der Waals surface area (Å²) in [6.45, 7) is 8.14. The van der Waals surface area contributed by atoms with Gasteiger partial charge in [-0.25, -0.2) is 4.90 Å². The van der Waals surface area contributed by atoms with E-state index >= 15 is 0 Å². The lowest BCUT2D eigenvalue weighted by atomic mass is 9.77.